The molecule has 0 saturated heterocycles. The van der Waals surface area contributed by atoms with Crippen LogP contribution < -0.4 is 5.32 Å². The molecule has 1 aliphatic carbocycles. The maximum Gasteiger partial charge on any atom is 0.273 e. The van der Waals surface area contributed by atoms with Gasteiger partial charge in [0.05, 0.1) is 11.4 Å². The Morgan fingerprint density at radius 2 is 2.09 bits per heavy atom. The maximum absolute atomic E-state index is 13.8. The molecule has 1 atom stereocenters. The van der Waals surface area contributed by atoms with E-state index in [2.05, 4.69) is 17.5 Å². The van der Waals surface area contributed by atoms with Crippen LogP contribution in [0.5, 0.6) is 0 Å². The first-order valence-corrected chi connectivity index (χ1v) is 13.3. The Balaban J connectivity index is 1.42. The molecule has 3 aromatic rings. The van der Waals surface area contributed by atoms with Gasteiger partial charge in [-0.1, -0.05) is 47.5 Å². The lowest BCUT2D eigenvalue weighted by molar-refractivity contribution is -0.133. The Kier molecular flexibility index (Phi) is 6.60. The van der Waals surface area contributed by atoms with Crippen molar-refractivity contribution in [3.63, 3.8) is 0 Å². The molecule has 182 valence electrons. The van der Waals surface area contributed by atoms with E-state index in [4.69, 9.17) is 5.10 Å². The highest BCUT2D eigenvalue weighted by Gasteiger charge is 2.47. The third-order valence-electron chi connectivity index (χ3n) is 7.14. The lowest BCUT2D eigenvalue weighted by Gasteiger charge is -2.43. The SMILES string of the molecule is Cc1cccc(CNC(=O)C2(C)Cn3nc(-c4cccs4)cc3C(=O)N2CCC2=CCCCC2)c1. The van der Waals surface area contributed by atoms with Gasteiger partial charge in [0.2, 0.25) is 5.91 Å². The lowest BCUT2D eigenvalue weighted by atomic mass is 9.92. The third-order valence-corrected chi connectivity index (χ3v) is 8.03. The van der Waals surface area contributed by atoms with Gasteiger partial charge in [0.15, 0.2) is 0 Å². The summed E-state index contributed by atoms with van der Waals surface area (Å²) >= 11 is 1.60. The number of rotatable bonds is 7. The molecule has 0 bridgehead atoms. The normalized spacial score (nSPS) is 19.9. The van der Waals surface area contributed by atoms with Gasteiger partial charge in [0, 0.05) is 13.1 Å². The summed E-state index contributed by atoms with van der Waals surface area (Å²) in [6.45, 7) is 5.20. The van der Waals surface area contributed by atoms with Gasteiger partial charge < -0.3 is 10.2 Å². The topological polar surface area (TPSA) is 67.2 Å². The predicted molar refractivity (Wildman–Crippen MR) is 139 cm³/mol. The molecule has 0 spiro atoms. The van der Waals surface area contributed by atoms with Crippen LogP contribution in [0.4, 0.5) is 0 Å². The molecule has 0 fully saturated rings. The number of hydrogen-bond acceptors (Lipinski definition) is 4. The van der Waals surface area contributed by atoms with Crippen molar-refractivity contribution in [2.75, 3.05) is 6.54 Å². The monoisotopic (exact) mass is 488 g/mol. The molecular weight excluding hydrogens is 456 g/mol. The minimum atomic E-state index is -1.03. The standard InChI is InChI=1S/C28H32N4O2S/c1-20-8-6-11-22(16-20)18-29-27(34)28(2)19-32-24(17-23(30-32)25-12-7-15-35-25)26(33)31(28)14-13-21-9-4-3-5-10-21/h6-9,11-12,15-17H,3-5,10,13-14,18-19H2,1-2H3,(H,29,34). The second-order valence-electron chi connectivity index (χ2n) is 9.81. The molecule has 1 N–H and O–H groups in total. The fourth-order valence-electron chi connectivity index (χ4n) is 5.12. The Hall–Kier alpha value is -3.19. The van der Waals surface area contributed by atoms with E-state index in [0.717, 1.165) is 41.0 Å². The first-order valence-electron chi connectivity index (χ1n) is 12.4. The summed E-state index contributed by atoms with van der Waals surface area (Å²) in [5, 5.41) is 9.83. The van der Waals surface area contributed by atoms with E-state index in [-0.39, 0.29) is 11.8 Å². The maximum atomic E-state index is 13.8. The van der Waals surface area contributed by atoms with Crippen LogP contribution in [0.15, 0.2) is 59.5 Å². The van der Waals surface area contributed by atoms with Crippen molar-refractivity contribution >= 4 is 23.2 Å². The first-order chi connectivity index (χ1) is 16.9. The van der Waals surface area contributed by atoms with Crippen molar-refractivity contribution in [1.29, 1.82) is 0 Å². The van der Waals surface area contributed by atoms with Crippen molar-refractivity contribution in [1.82, 2.24) is 20.0 Å². The molecule has 1 aromatic carbocycles. The van der Waals surface area contributed by atoms with Gasteiger partial charge in [-0.15, -0.1) is 11.3 Å². The van der Waals surface area contributed by atoms with Crippen LogP contribution >= 0.6 is 11.3 Å². The Labute approximate surface area is 210 Å². The molecule has 5 rings (SSSR count). The van der Waals surface area contributed by atoms with Crippen LogP contribution in [0.2, 0.25) is 0 Å². The van der Waals surface area contributed by atoms with Gasteiger partial charge in [-0.05, 0) is 69.0 Å². The summed E-state index contributed by atoms with van der Waals surface area (Å²) in [4.78, 5) is 30.3. The Bertz CT molecular complexity index is 1260. The average Bonchev–Trinajstić information content (AvgIpc) is 3.53. The number of aryl methyl sites for hydroxylation is 1. The van der Waals surface area contributed by atoms with Gasteiger partial charge >= 0.3 is 0 Å². The number of thiophene rings is 1. The molecular formula is C28H32N4O2S. The van der Waals surface area contributed by atoms with Crippen LogP contribution in [0.1, 0.15) is 60.6 Å². The molecule has 0 radical (unpaired) electrons. The smallest absolute Gasteiger partial charge is 0.273 e. The summed E-state index contributed by atoms with van der Waals surface area (Å²) in [6, 6.07) is 14.0. The zero-order chi connectivity index (χ0) is 24.4. The summed E-state index contributed by atoms with van der Waals surface area (Å²) in [5.74, 6) is -0.278. The van der Waals surface area contributed by atoms with Gasteiger partial charge in [-0.3, -0.25) is 14.3 Å². The molecule has 2 amide bonds. The second-order valence-corrected chi connectivity index (χ2v) is 10.8. The van der Waals surface area contributed by atoms with Crippen LogP contribution in [-0.2, 0) is 17.9 Å². The third kappa shape index (κ3) is 4.82. The Morgan fingerprint density at radius 3 is 2.83 bits per heavy atom. The van der Waals surface area contributed by atoms with E-state index in [1.54, 1.807) is 20.9 Å². The number of carbonyl (C=O) groups is 2. The molecule has 2 aromatic heterocycles. The molecule has 3 heterocycles. The van der Waals surface area contributed by atoms with Crippen molar-refractivity contribution in [2.24, 2.45) is 0 Å². The molecule has 35 heavy (non-hydrogen) atoms. The van der Waals surface area contributed by atoms with Crippen LogP contribution in [-0.4, -0.2) is 38.6 Å². The zero-order valence-corrected chi connectivity index (χ0v) is 21.2. The van der Waals surface area contributed by atoms with Crippen LogP contribution in [0.3, 0.4) is 0 Å². The number of benzene rings is 1. The molecule has 2 aliphatic rings. The second kappa shape index (κ2) is 9.82. The minimum Gasteiger partial charge on any atom is -0.350 e. The highest BCUT2D eigenvalue weighted by Crippen LogP contribution is 2.32. The van der Waals surface area contributed by atoms with E-state index < -0.39 is 5.54 Å². The summed E-state index contributed by atoms with van der Waals surface area (Å²) < 4.78 is 1.72. The number of allylic oxidation sites excluding steroid dienone is 1. The first kappa shape index (κ1) is 23.5. The number of carbonyl (C=O) groups excluding carboxylic acids is 2. The molecule has 6 nitrogen and oxygen atoms in total. The number of aromatic nitrogens is 2. The quantitative estimate of drug-likeness (QED) is 0.457. The summed E-state index contributed by atoms with van der Waals surface area (Å²) in [7, 11) is 0. The van der Waals surface area contributed by atoms with E-state index in [9.17, 15) is 9.59 Å². The highest BCUT2D eigenvalue weighted by molar-refractivity contribution is 7.13. The van der Waals surface area contributed by atoms with Gasteiger partial charge in [0.1, 0.15) is 16.9 Å². The molecule has 1 aliphatic heterocycles. The van der Waals surface area contributed by atoms with Crippen molar-refractivity contribution in [3.8, 4) is 10.6 Å². The summed E-state index contributed by atoms with van der Waals surface area (Å²) in [6.07, 6.45) is 7.73. The number of nitrogens with zero attached hydrogens (tertiary/aromatic N) is 3. The number of hydrogen-bond donors (Lipinski definition) is 1. The average molecular weight is 489 g/mol. The van der Waals surface area contributed by atoms with E-state index in [1.165, 1.54) is 18.4 Å². The van der Waals surface area contributed by atoms with Gasteiger partial charge in [-0.2, -0.15) is 5.10 Å². The zero-order valence-electron chi connectivity index (χ0n) is 20.4. The fourth-order valence-corrected chi connectivity index (χ4v) is 5.80. The molecule has 1 unspecified atom stereocenters. The number of nitrogens with one attached hydrogen (secondary N) is 1. The van der Waals surface area contributed by atoms with E-state index in [1.807, 2.05) is 55.6 Å². The highest BCUT2D eigenvalue weighted by atomic mass is 32.1. The van der Waals surface area contributed by atoms with Crippen molar-refractivity contribution < 1.29 is 9.59 Å². The summed E-state index contributed by atoms with van der Waals surface area (Å²) in [5.41, 5.74) is 3.90. The lowest BCUT2D eigenvalue weighted by Crippen LogP contribution is -2.64. The van der Waals surface area contributed by atoms with Crippen LogP contribution in [0.25, 0.3) is 10.6 Å². The number of amides is 2. The Morgan fingerprint density at radius 1 is 1.20 bits per heavy atom. The molecule has 0 saturated carbocycles. The van der Waals surface area contributed by atoms with Crippen molar-refractivity contribution in [3.05, 3.63) is 76.3 Å². The fraction of sp³-hybridized carbons (Fsp3) is 0.393. The largest absolute Gasteiger partial charge is 0.350 e. The van der Waals surface area contributed by atoms with Crippen molar-refractivity contribution in [2.45, 2.75) is 64.6 Å². The number of fused-ring (bicyclic) bond motifs is 1. The van der Waals surface area contributed by atoms with Crippen LogP contribution in [0, 0.1) is 6.92 Å². The van der Waals surface area contributed by atoms with E-state index in [0.29, 0.717) is 25.3 Å². The molecule has 7 heteroatoms. The van der Waals surface area contributed by atoms with Gasteiger partial charge in [-0.25, -0.2) is 0 Å². The predicted octanol–water partition coefficient (Wildman–Crippen LogP) is 5.34. The minimum absolute atomic E-state index is 0.129. The van der Waals surface area contributed by atoms with E-state index >= 15 is 0 Å². The van der Waals surface area contributed by atoms with Gasteiger partial charge in [0.25, 0.3) is 5.91 Å².